The molecule has 0 spiro atoms. The van der Waals surface area contributed by atoms with E-state index in [9.17, 15) is 62.6 Å². The summed E-state index contributed by atoms with van der Waals surface area (Å²) in [6.07, 6.45) is 23.4. The standard InChI is InChI=1S/C42H41N5O8S6.C34H37N3O4S3.C32H27N3O4S3/c1-4-7-8-9-16-45-28-14-10-24(19-30-35(51)46(21-32(49)50)39(58-30)33-37(53)43(5-2)41(56)60-33)17-26(28)12-13-27-18-25(11-15-29(27)45)20-31-36(52)47(22-55-23-48)40(59-31)34-38(54)44(6-3)42(57)61-34;1-4-6-7-10-17-36-27-12-9-8-11-25(27)14-15-26-20-24(13-16-28(26)36)18-23(3)19-29-31(39)37(21-41-22-38)33(43-29)30-32(40)35(5-2)34(42)44-30;1-3-33-30(38)28(42-32(33)40)31-34(18-39-19-36)29(37)27(41-31)17-21-10-15-26-23(16-21)12-11-22-6-4-5-7-25(22)35(26)24-13-8-20(2)9-14-24/h10-11,14-15,17-20,23H,4-9,12-13,16,21-22H2,1-3H3,(H,49,50);8-9,11-13,16,18-20,22H,4-7,10,14-15,17,21H2,1-3H3;4-10,13-17,19H,3,11-12,18H2,1-2H3/b30-19+,31-20+,39-33+,40-34+;23-18+,29-19+,33-30+;27-17+,31-28+. The monoisotopic (exact) mass is 2200 g/mol. The minimum atomic E-state index is -1.20. The average molecular weight is 2200 g/mol. The molecule has 4 amide bonds. The molecular weight excluding hydrogens is 2090 g/mol. The van der Waals surface area contributed by atoms with Crippen molar-refractivity contribution in [3.8, 4) is 0 Å². The van der Waals surface area contributed by atoms with E-state index >= 15 is 0 Å². The molecule has 0 saturated carbocycles. The lowest BCUT2D eigenvalue weighted by atomic mass is 10.0. The first-order chi connectivity index (χ1) is 71.1. The molecule has 147 heavy (non-hydrogen) atoms. The lowest BCUT2D eigenvalue weighted by Crippen LogP contribution is -2.35. The van der Waals surface area contributed by atoms with Crippen LogP contribution in [0.25, 0.3) is 50.0 Å². The van der Waals surface area contributed by atoms with Gasteiger partial charge in [-0.1, -0.05) is 233 Å². The summed E-state index contributed by atoms with van der Waals surface area (Å²) >= 11 is 30.7. The fourth-order valence-electron chi connectivity index (χ4n) is 18.4. The summed E-state index contributed by atoms with van der Waals surface area (Å²) in [6.45, 7) is 18.5. The number of carboxylic acid groups (broad SMARTS) is 1. The Hall–Kier alpha value is -12.1. The Kier molecular flexibility index (Phi) is 35.8. The van der Waals surface area contributed by atoms with Gasteiger partial charge in [0.1, 0.15) is 62.1 Å². The number of hydrogen-bond donors (Lipinski definition) is 1. The van der Waals surface area contributed by atoms with Crippen molar-refractivity contribution in [1.82, 2.24) is 37.9 Å². The Bertz CT molecular complexity index is 8030. The number of aryl methyl sites for hydroxylation is 7. The van der Waals surface area contributed by atoms with E-state index in [1.807, 2.05) is 58.0 Å². The Morgan fingerprint density at radius 3 is 1.05 bits per heavy atom. The summed E-state index contributed by atoms with van der Waals surface area (Å²) in [4.78, 5) is 166. The van der Waals surface area contributed by atoms with Gasteiger partial charge in [-0.15, -0.1) is 45.3 Å². The first kappa shape index (κ1) is 108. The first-order valence-electron chi connectivity index (χ1n) is 48.3. The topological polar surface area (TPSA) is 295 Å². The fourth-order valence-corrected chi connectivity index (χ4v) is 29.0. The second-order valence-electron chi connectivity index (χ2n) is 35.1. The molecule has 4 saturated heterocycles. The Morgan fingerprint density at radius 1 is 0.367 bits per heavy atom. The molecule has 11 aromatic rings. The molecule has 4 fully saturated rings. The molecule has 0 radical (unpaired) electrons. The van der Waals surface area contributed by atoms with Gasteiger partial charge in [0.2, 0.25) is 0 Å². The van der Waals surface area contributed by atoms with Crippen LogP contribution in [0.2, 0.25) is 0 Å². The maximum absolute atomic E-state index is 13.8. The van der Waals surface area contributed by atoms with Crippen molar-refractivity contribution < 1.29 is 57.7 Å². The smallest absolute Gasteiger partial charge is 0.323 e. The second-order valence-corrected chi connectivity index (χ2v) is 45.8. The van der Waals surface area contributed by atoms with Crippen molar-refractivity contribution in [2.24, 2.45) is 0 Å². The van der Waals surface area contributed by atoms with E-state index in [0.717, 1.165) is 201 Å². The van der Waals surface area contributed by atoms with Gasteiger partial charge in [0.05, 0.1) is 18.1 Å². The number of anilines is 7. The largest absolute Gasteiger partial charge is 0.480 e. The highest BCUT2D eigenvalue weighted by Crippen LogP contribution is 2.45. The van der Waals surface area contributed by atoms with Gasteiger partial charge in [0, 0.05) is 79.1 Å². The van der Waals surface area contributed by atoms with Gasteiger partial charge in [-0.2, -0.15) is 0 Å². The van der Waals surface area contributed by atoms with Crippen LogP contribution in [-0.4, -0.2) is 149 Å². The molecule has 0 unspecified atom stereocenters. The van der Waals surface area contributed by atoms with Crippen molar-refractivity contribution in [3.63, 3.8) is 0 Å². The van der Waals surface area contributed by atoms with E-state index in [-0.39, 0.29) is 71.0 Å². The Balaban J connectivity index is 0.000000161. The van der Waals surface area contributed by atoms with Crippen LogP contribution in [0.5, 0.6) is 0 Å². The molecule has 27 nitrogen and oxygen atoms in total. The fraction of sp³-hybridized carbons (Fsp3) is 0.296. The Morgan fingerprint density at radius 2 is 0.680 bits per heavy atom. The quantitative estimate of drug-likeness (QED) is 0.0183. The zero-order valence-electron chi connectivity index (χ0n) is 81.8. The minimum Gasteiger partial charge on any atom is -0.480 e. The minimum absolute atomic E-state index is 0.242. The number of rotatable bonds is 31. The van der Waals surface area contributed by atoms with Crippen LogP contribution in [0, 0.1) is 6.92 Å². The maximum Gasteiger partial charge on any atom is 0.323 e. The third kappa shape index (κ3) is 23.5. The van der Waals surface area contributed by atoms with Crippen LogP contribution < -0.4 is 73.7 Å². The number of thiocarbonyl (C=S) groups is 4. The molecule has 7 aliphatic rings. The van der Waals surface area contributed by atoms with Crippen LogP contribution in [-0.2, 0) is 118 Å². The normalized spacial score (nSPS) is 17.0. The molecule has 4 aromatic heterocycles. The maximum atomic E-state index is 13.8. The lowest BCUT2D eigenvalue weighted by molar-refractivity contribution is -0.138. The van der Waals surface area contributed by atoms with Crippen molar-refractivity contribution in [2.75, 3.05) is 54.0 Å². The summed E-state index contributed by atoms with van der Waals surface area (Å²) in [7, 11) is 0. The molecule has 1 N–H and O–H groups in total. The number of thioether (sulfide) groups is 4. The number of aromatic nitrogens is 4. The number of benzene rings is 7. The molecule has 7 aliphatic heterocycles. The highest BCUT2D eigenvalue weighted by atomic mass is 32.2. The number of thiazole rings is 4. The highest BCUT2D eigenvalue weighted by molar-refractivity contribution is 8.31. The molecule has 11 heterocycles. The van der Waals surface area contributed by atoms with E-state index in [2.05, 4.69) is 169 Å². The van der Waals surface area contributed by atoms with Crippen LogP contribution in [0.1, 0.15) is 161 Å². The number of carboxylic acids is 1. The molecule has 0 atom stereocenters. The van der Waals surface area contributed by atoms with E-state index in [1.165, 1.54) is 126 Å². The number of unbranched alkanes of at least 4 members (excludes halogenated alkanes) is 6. The number of para-hydroxylation sites is 2. The number of hydrogen-bond acceptors (Lipinski definition) is 30. The van der Waals surface area contributed by atoms with E-state index < -0.39 is 23.6 Å². The number of carbonyl (C=O) groups is 8. The zero-order chi connectivity index (χ0) is 104. The predicted molar refractivity (Wildman–Crippen MR) is 609 cm³/mol. The van der Waals surface area contributed by atoms with Crippen molar-refractivity contribution >= 4 is 297 Å². The van der Waals surface area contributed by atoms with E-state index in [1.54, 1.807) is 19.1 Å². The van der Waals surface area contributed by atoms with E-state index in [4.69, 9.17) is 63.1 Å². The van der Waals surface area contributed by atoms with Gasteiger partial charge in [-0.05, 0) is 251 Å². The van der Waals surface area contributed by atoms with Gasteiger partial charge in [-0.3, -0.25) is 95.4 Å². The summed E-state index contributed by atoms with van der Waals surface area (Å²) in [5.41, 5.74) is 19.4. The SMILES string of the molecule is CCCCCCN1c2ccc(/C=c3/s/c(=C4/SC(=S)N(CC)C4=O)n(COC=O)c3=O)cc2CCc2cc(/C=c3/s/c(=C4/SC(=S)N(CC)C4=O)n(CC(=O)O)c3=O)ccc21.CCCCCCN1c2ccccc2CCc2cc(/C=C(C)/C=c3/s/c(=C4/SC(=S)N(CC)C4=O)n(COC=O)c3=O)ccc21.CCN1C(=O)/C(=c2\s/c(=C/c3ccc4c(c3)CCc3ccccc3N4c3ccc(C)cc3)c(=O)n2COC=O)SC1=S. The van der Waals surface area contributed by atoms with Gasteiger partial charge < -0.3 is 34.0 Å². The van der Waals surface area contributed by atoms with Gasteiger partial charge in [0.25, 0.3) is 65.3 Å². The highest BCUT2D eigenvalue weighted by Gasteiger charge is 2.39. The van der Waals surface area contributed by atoms with Crippen LogP contribution >= 0.6 is 141 Å². The summed E-state index contributed by atoms with van der Waals surface area (Å²) in [5.74, 6) is -2.33. The van der Waals surface area contributed by atoms with E-state index in [0.29, 0.717) is 116 Å². The van der Waals surface area contributed by atoms with Gasteiger partial charge in [-0.25, -0.2) is 0 Å². The summed E-state index contributed by atoms with van der Waals surface area (Å²) in [5, 5.41) is 9.68. The number of ether oxygens (including phenoxy) is 3. The second kappa shape index (κ2) is 48.9. The molecule has 39 heteroatoms. The van der Waals surface area contributed by atoms with Gasteiger partial charge >= 0.3 is 5.97 Å². The molecule has 0 aliphatic carbocycles. The average Bonchev–Trinajstić information content (AvgIpc) is 1.60. The number of allylic oxidation sites excluding steroid dienone is 1. The number of nitrogens with zero attached hydrogens (tertiary/aromatic N) is 11. The first-order valence-corrected chi connectivity index (χ1v) is 56.4. The van der Waals surface area contributed by atoms with Gasteiger partial charge in [0.15, 0.2) is 20.2 Å². The summed E-state index contributed by atoms with van der Waals surface area (Å²) < 4.78 is 24.7. The van der Waals surface area contributed by atoms with Crippen LogP contribution in [0.15, 0.2) is 170 Å². The third-order valence-corrected chi connectivity index (χ3v) is 36.4. The molecule has 0 bridgehead atoms. The molecule has 760 valence electrons. The Labute approximate surface area is 901 Å². The van der Waals surface area contributed by atoms with Crippen molar-refractivity contribution in [1.29, 1.82) is 0 Å². The van der Waals surface area contributed by atoms with Crippen molar-refractivity contribution in [3.05, 3.63) is 291 Å². The lowest BCUT2D eigenvalue weighted by Gasteiger charge is -2.27. The predicted octanol–water partition coefficient (Wildman–Crippen LogP) is 14.3. The van der Waals surface area contributed by atoms with Crippen molar-refractivity contribution in [2.45, 2.75) is 172 Å². The molecule has 18 rings (SSSR count). The molecular formula is C108H105N11O16S12. The third-order valence-electron chi connectivity index (χ3n) is 25.6. The zero-order valence-corrected chi connectivity index (χ0v) is 91.6. The van der Waals surface area contributed by atoms with Crippen LogP contribution in [0.4, 0.5) is 39.8 Å². The number of aliphatic carboxylic acids is 1. The van der Waals surface area contributed by atoms with Crippen LogP contribution in [0.3, 0.4) is 0 Å². The number of carbonyl (C=O) groups excluding carboxylic acids is 7. The number of amides is 4. The summed E-state index contributed by atoms with van der Waals surface area (Å²) in [6, 6.07) is 50.8. The number of fused-ring (bicyclic) bond motifs is 6. The molecule has 7 aromatic carbocycles.